The monoisotopic (exact) mass is 311 g/mol. The number of aromatic nitrogens is 1. The third-order valence-corrected chi connectivity index (χ3v) is 5.86. The van der Waals surface area contributed by atoms with Crippen LogP contribution in [0.4, 0.5) is 5.69 Å². The molecule has 1 aromatic heterocycles. The Morgan fingerprint density at radius 3 is 2.71 bits per heavy atom. The van der Waals surface area contributed by atoms with E-state index < -0.39 is 10.0 Å². The fourth-order valence-electron chi connectivity index (χ4n) is 2.47. The van der Waals surface area contributed by atoms with Gasteiger partial charge in [0.05, 0.1) is 5.69 Å². The largest absolute Gasteiger partial charge is 0.383 e. The quantitative estimate of drug-likeness (QED) is 0.802. The van der Waals surface area contributed by atoms with Crippen molar-refractivity contribution in [2.24, 2.45) is 5.92 Å². The average Bonchev–Trinajstić information content (AvgIpc) is 2.44. The van der Waals surface area contributed by atoms with E-state index in [2.05, 4.69) is 10.3 Å². The number of nitrogens with one attached hydrogen (secondary N) is 1. The van der Waals surface area contributed by atoms with Gasteiger partial charge in [-0.2, -0.15) is 4.31 Å². The maximum Gasteiger partial charge on any atom is 0.262 e. The number of sulfonamides is 1. The van der Waals surface area contributed by atoms with Crippen LogP contribution in [0.2, 0.25) is 0 Å². The van der Waals surface area contributed by atoms with Crippen LogP contribution in [0.3, 0.4) is 0 Å². The number of rotatable bonds is 8. The molecule has 1 N–H and O–H groups in total. The zero-order valence-corrected chi connectivity index (χ0v) is 13.7. The molecule has 0 saturated heterocycles. The van der Waals surface area contributed by atoms with Crippen LogP contribution in [0.25, 0.3) is 0 Å². The van der Waals surface area contributed by atoms with E-state index >= 15 is 0 Å². The molecule has 1 saturated carbocycles. The van der Waals surface area contributed by atoms with E-state index in [4.69, 9.17) is 0 Å². The smallest absolute Gasteiger partial charge is 0.262 e. The van der Waals surface area contributed by atoms with Crippen LogP contribution in [-0.4, -0.2) is 37.3 Å². The van der Waals surface area contributed by atoms with Gasteiger partial charge in [-0.15, -0.1) is 0 Å². The van der Waals surface area contributed by atoms with Gasteiger partial charge in [0.2, 0.25) is 0 Å². The van der Waals surface area contributed by atoms with Gasteiger partial charge >= 0.3 is 0 Å². The highest BCUT2D eigenvalue weighted by molar-refractivity contribution is 7.89. The van der Waals surface area contributed by atoms with E-state index in [0.29, 0.717) is 24.7 Å². The minimum Gasteiger partial charge on any atom is -0.383 e. The zero-order valence-electron chi connectivity index (χ0n) is 12.9. The molecule has 1 fully saturated rings. The second-order valence-corrected chi connectivity index (χ2v) is 7.39. The molecule has 1 aliphatic carbocycles. The minimum atomic E-state index is -3.52. The topological polar surface area (TPSA) is 62.3 Å². The van der Waals surface area contributed by atoms with Crippen molar-refractivity contribution in [2.75, 3.05) is 25.0 Å². The molecule has 0 unspecified atom stereocenters. The molecule has 0 amide bonds. The SMILES string of the molecule is CCCNc1cccnc1S(=O)(=O)N(CC)CC1CCC1. The molecule has 0 radical (unpaired) electrons. The summed E-state index contributed by atoms with van der Waals surface area (Å²) in [6.07, 6.45) is 5.97. The summed E-state index contributed by atoms with van der Waals surface area (Å²) < 4.78 is 27.3. The van der Waals surface area contributed by atoms with Crippen molar-refractivity contribution in [2.45, 2.75) is 44.6 Å². The Balaban J connectivity index is 2.24. The summed E-state index contributed by atoms with van der Waals surface area (Å²) in [6.45, 7) is 5.78. The number of nitrogens with zero attached hydrogens (tertiary/aromatic N) is 2. The number of hydrogen-bond donors (Lipinski definition) is 1. The minimum absolute atomic E-state index is 0.152. The first-order valence-electron chi connectivity index (χ1n) is 7.78. The van der Waals surface area contributed by atoms with Crippen molar-refractivity contribution in [1.29, 1.82) is 0 Å². The van der Waals surface area contributed by atoms with E-state index in [1.807, 2.05) is 13.8 Å². The highest BCUT2D eigenvalue weighted by Gasteiger charge is 2.31. The molecule has 118 valence electrons. The van der Waals surface area contributed by atoms with Gasteiger partial charge in [-0.05, 0) is 37.3 Å². The van der Waals surface area contributed by atoms with E-state index in [-0.39, 0.29) is 5.03 Å². The van der Waals surface area contributed by atoms with Crippen molar-refractivity contribution >= 4 is 15.7 Å². The van der Waals surface area contributed by atoms with Gasteiger partial charge < -0.3 is 5.32 Å². The summed E-state index contributed by atoms with van der Waals surface area (Å²) in [4.78, 5) is 4.13. The van der Waals surface area contributed by atoms with E-state index in [1.165, 1.54) is 6.42 Å². The Kier molecular flexibility index (Phi) is 5.58. The molecule has 0 atom stereocenters. The second-order valence-electron chi connectivity index (χ2n) is 5.54. The van der Waals surface area contributed by atoms with E-state index in [0.717, 1.165) is 25.8 Å². The molecular formula is C15H25N3O2S. The Morgan fingerprint density at radius 1 is 1.38 bits per heavy atom. The van der Waals surface area contributed by atoms with Gasteiger partial charge in [0.15, 0.2) is 5.03 Å². The Hall–Kier alpha value is -1.14. The Bertz CT molecular complexity index is 556. The molecule has 21 heavy (non-hydrogen) atoms. The van der Waals surface area contributed by atoms with Crippen LogP contribution < -0.4 is 5.32 Å². The van der Waals surface area contributed by atoms with Crippen LogP contribution in [0, 0.1) is 5.92 Å². The number of hydrogen-bond acceptors (Lipinski definition) is 4. The Labute approximate surface area is 127 Å². The van der Waals surface area contributed by atoms with Crippen molar-refractivity contribution in [3.05, 3.63) is 18.3 Å². The molecule has 2 rings (SSSR count). The molecule has 5 nitrogen and oxygen atoms in total. The lowest BCUT2D eigenvalue weighted by molar-refractivity contribution is 0.249. The summed E-state index contributed by atoms with van der Waals surface area (Å²) in [7, 11) is -3.52. The lowest BCUT2D eigenvalue weighted by atomic mass is 9.85. The first kappa shape index (κ1) is 16.2. The number of anilines is 1. The van der Waals surface area contributed by atoms with Crippen molar-refractivity contribution < 1.29 is 8.42 Å². The molecule has 1 aliphatic rings. The molecule has 0 bridgehead atoms. The maximum absolute atomic E-state index is 12.8. The highest BCUT2D eigenvalue weighted by atomic mass is 32.2. The maximum atomic E-state index is 12.8. The van der Waals surface area contributed by atoms with Crippen LogP contribution >= 0.6 is 0 Å². The zero-order chi connectivity index (χ0) is 15.3. The van der Waals surface area contributed by atoms with E-state index in [1.54, 1.807) is 22.6 Å². The van der Waals surface area contributed by atoms with E-state index in [9.17, 15) is 8.42 Å². The predicted molar refractivity (Wildman–Crippen MR) is 84.8 cm³/mol. The van der Waals surface area contributed by atoms with Crippen LogP contribution in [0.1, 0.15) is 39.5 Å². The Morgan fingerprint density at radius 2 is 2.14 bits per heavy atom. The van der Waals surface area contributed by atoms with Gasteiger partial charge in [-0.1, -0.05) is 20.3 Å². The van der Waals surface area contributed by atoms with Crippen LogP contribution in [0.5, 0.6) is 0 Å². The molecule has 6 heteroatoms. The lowest BCUT2D eigenvalue weighted by Crippen LogP contribution is -2.37. The molecular weight excluding hydrogens is 286 g/mol. The molecule has 1 heterocycles. The second kappa shape index (κ2) is 7.22. The predicted octanol–water partition coefficient (Wildman–Crippen LogP) is 2.71. The summed E-state index contributed by atoms with van der Waals surface area (Å²) in [5, 5.41) is 3.31. The third-order valence-electron chi connectivity index (χ3n) is 3.96. The fourth-order valence-corrected chi connectivity index (χ4v) is 4.08. The van der Waals surface area contributed by atoms with Crippen molar-refractivity contribution in [1.82, 2.24) is 9.29 Å². The lowest BCUT2D eigenvalue weighted by Gasteiger charge is -2.31. The van der Waals surface area contributed by atoms with Crippen LogP contribution in [-0.2, 0) is 10.0 Å². The number of pyridine rings is 1. The van der Waals surface area contributed by atoms with Crippen LogP contribution in [0.15, 0.2) is 23.4 Å². The highest BCUT2D eigenvalue weighted by Crippen LogP contribution is 2.30. The molecule has 0 aliphatic heterocycles. The van der Waals surface area contributed by atoms with Crippen molar-refractivity contribution in [3.8, 4) is 0 Å². The summed E-state index contributed by atoms with van der Waals surface area (Å²) >= 11 is 0. The third kappa shape index (κ3) is 3.74. The molecule has 0 aromatic carbocycles. The van der Waals surface area contributed by atoms with Gasteiger partial charge in [0.1, 0.15) is 0 Å². The normalized spacial score (nSPS) is 16.0. The molecule has 0 spiro atoms. The molecule has 1 aromatic rings. The van der Waals surface area contributed by atoms with Gasteiger partial charge in [0, 0.05) is 25.8 Å². The average molecular weight is 311 g/mol. The van der Waals surface area contributed by atoms with Gasteiger partial charge in [-0.25, -0.2) is 13.4 Å². The summed E-state index contributed by atoms with van der Waals surface area (Å²) in [6, 6.07) is 3.55. The fraction of sp³-hybridized carbons (Fsp3) is 0.667. The summed E-state index contributed by atoms with van der Waals surface area (Å²) in [5.74, 6) is 0.510. The van der Waals surface area contributed by atoms with Gasteiger partial charge in [0.25, 0.3) is 10.0 Å². The first-order chi connectivity index (χ1) is 10.1. The van der Waals surface area contributed by atoms with Crippen molar-refractivity contribution in [3.63, 3.8) is 0 Å². The first-order valence-corrected chi connectivity index (χ1v) is 9.22. The summed E-state index contributed by atoms with van der Waals surface area (Å²) in [5.41, 5.74) is 0.603. The van der Waals surface area contributed by atoms with Gasteiger partial charge in [-0.3, -0.25) is 0 Å². The standard InChI is InChI=1S/C15H25N3O2S/c1-3-10-16-14-9-6-11-17-15(14)21(19,20)18(4-2)12-13-7-5-8-13/h6,9,11,13,16H,3-5,7-8,10,12H2,1-2H3.